The van der Waals surface area contributed by atoms with Crippen molar-refractivity contribution in [1.29, 1.82) is 0 Å². The Bertz CT molecular complexity index is 2850. The lowest BCUT2D eigenvalue weighted by Gasteiger charge is -2.30. The summed E-state index contributed by atoms with van der Waals surface area (Å²) in [5.74, 6) is 0. The lowest BCUT2D eigenvalue weighted by atomic mass is 9.79. The summed E-state index contributed by atoms with van der Waals surface area (Å²) in [5.41, 5.74) is 23.1. The molecule has 1 heteroatoms. The molecular formula is C65H75N. The second kappa shape index (κ2) is 16.3. The van der Waals surface area contributed by atoms with Crippen LogP contribution in [0.15, 0.2) is 146 Å². The van der Waals surface area contributed by atoms with Crippen LogP contribution in [-0.2, 0) is 32.5 Å². The highest BCUT2D eigenvalue weighted by Gasteiger charge is 2.36. The van der Waals surface area contributed by atoms with Gasteiger partial charge in [0.1, 0.15) is 0 Å². The highest BCUT2D eigenvalue weighted by molar-refractivity contribution is 5.87. The van der Waals surface area contributed by atoms with Crippen molar-refractivity contribution in [1.82, 2.24) is 0 Å². The molecule has 1 aliphatic rings. The maximum Gasteiger partial charge on any atom is 0.0470 e. The predicted molar refractivity (Wildman–Crippen MR) is 288 cm³/mol. The SMILES string of the molecule is CC(C)(C)c1cc(-c2ccc(-c3cc(C(C)(C)C)cc(C(C)(C)C)c3)cc2)cc(N(c2ccc(-c3cc(C(C)(C)C)cc(C(C)(C)C)c3)cc2)c2ccc3c(c2)C(C)(C)c2ccccc2-3)c1. The largest absolute Gasteiger partial charge is 0.310 e. The molecule has 1 nitrogen and oxygen atoms in total. The molecule has 8 rings (SSSR count). The third kappa shape index (κ3) is 9.21. The van der Waals surface area contributed by atoms with E-state index in [1.165, 1.54) is 83.5 Å². The Morgan fingerprint density at radius 2 is 0.636 bits per heavy atom. The van der Waals surface area contributed by atoms with Gasteiger partial charge < -0.3 is 4.90 Å². The third-order valence-electron chi connectivity index (χ3n) is 14.2. The molecule has 0 atom stereocenters. The molecule has 0 unspecified atom stereocenters. The highest BCUT2D eigenvalue weighted by Crippen LogP contribution is 2.51. The van der Waals surface area contributed by atoms with Crippen LogP contribution < -0.4 is 4.90 Å². The van der Waals surface area contributed by atoms with Crippen LogP contribution in [0.3, 0.4) is 0 Å². The zero-order valence-corrected chi connectivity index (χ0v) is 43.3. The van der Waals surface area contributed by atoms with Gasteiger partial charge in [-0.2, -0.15) is 0 Å². The van der Waals surface area contributed by atoms with Gasteiger partial charge in [-0.1, -0.05) is 227 Å². The Labute approximate surface area is 399 Å². The van der Waals surface area contributed by atoms with Gasteiger partial charge >= 0.3 is 0 Å². The standard InChI is InChI=1S/C65H75N/c1-60(2,3)48-32-45(33-49(38-48)61(4,5)6)42-22-24-43(25-23-42)47-36-52(64(13,14)15)40-55(37-47)66(54-30-31-57-56-20-18-19-21-58(56)65(16,17)59(57)41-54)53-28-26-44(27-29-53)46-34-50(62(7,8)9)39-51(35-46)63(10,11)12/h18-41H,1-17H3. The molecule has 0 radical (unpaired) electrons. The number of fused-ring (bicyclic) bond motifs is 3. The van der Waals surface area contributed by atoms with Crippen LogP contribution in [-0.4, -0.2) is 0 Å². The van der Waals surface area contributed by atoms with E-state index in [1.54, 1.807) is 0 Å². The zero-order chi connectivity index (χ0) is 47.9. The van der Waals surface area contributed by atoms with E-state index in [1.807, 2.05) is 0 Å². The van der Waals surface area contributed by atoms with Gasteiger partial charge in [-0.3, -0.25) is 0 Å². The Kier molecular flexibility index (Phi) is 11.6. The Morgan fingerprint density at radius 3 is 1.06 bits per heavy atom. The summed E-state index contributed by atoms with van der Waals surface area (Å²) in [4.78, 5) is 2.49. The fraction of sp³-hybridized carbons (Fsp3) is 0.354. The van der Waals surface area contributed by atoms with Crippen LogP contribution >= 0.6 is 0 Å². The molecule has 0 N–H and O–H groups in total. The zero-order valence-electron chi connectivity index (χ0n) is 43.3. The first-order valence-corrected chi connectivity index (χ1v) is 24.3. The van der Waals surface area contributed by atoms with Gasteiger partial charge in [0.2, 0.25) is 0 Å². The predicted octanol–water partition coefficient (Wildman–Crippen LogP) is 19.0. The summed E-state index contributed by atoms with van der Waals surface area (Å²) in [6, 6.07) is 56.4. The van der Waals surface area contributed by atoms with Crippen molar-refractivity contribution in [2.75, 3.05) is 4.90 Å². The lowest BCUT2D eigenvalue weighted by Crippen LogP contribution is -2.17. The number of anilines is 3. The molecule has 0 aliphatic heterocycles. The average Bonchev–Trinajstić information content (AvgIpc) is 3.47. The number of benzene rings is 7. The van der Waals surface area contributed by atoms with E-state index in [9.17, 15) is 0 Å². The molecule has 0 aromatic heterocycles. The van der Waals surface area contributed by atoms with Crippen molar-refractivity contribution < 1.29 is 0 Å². The minimum absolute atomic E-state index is 0.0387. The molecule has 0 heterocycles. The molecule has 1 aliphatic carbocycles. The van der Waals surface area contributed by atoms with E-state index in [0.29, 0.717) is 0 Å². The Balaban J connectivity index is 1.28. The number of nitrogens with zero attached hydrogens (tertiary/aromatic N) is 1. The molecule has 7 aromatic rings. The van der Waals surface area contributed by atoms with Crippen LogP contribution in [0.25, 0.3) is 44.5 Å². The van der Waals surface area contributed by atoms with Crippen molar-refractivity contribution in [3.63, 3.8) is 0 Å². The van der Waals surface area contributed by atoms with E-state index in [0.717, 1.165) is 17.1 Å². The van der Waals surface area contributed by atoms with Crippen molar-refractivity contribution in [3.8, 4) is 44.5 Å². The second-order valence-electron chi connectivity index (χ2n) is 25.0. The molecule has 0 spiro atoms. The van der Waals surface area contributed by atoms with Crippen LogP contribution in [0.4, 0.5) is 17.1 Å². The van der Waals surface area contributed by atoms with E-state index >= 15 is 0 Å². The minimum Gasteiger partial charge on any atom is -0.310 e. The highest BCUT2D eigenvalue weighted by atomic mass is 15.1. The first kappa shape index (κ1) is 46.9. The topological polar surface area (TPSA) is 3.24 Å². The van der Waals surface area contributed by atoms with Gasteiger partial charge in [0.05, 0.1) is 0 Å². The van der Waals surface area contributed by atoms with Crippen molar-refractivity contribution in [2.24, 2.45) is 0 Å². The van der Waals surface area contributed by atoms with Crippen molar-refractivity contribution >= 4 is 17.1 Å². The van der Waals surface area contributed by atoms with E-state index in [2.05, 4.69) is 268 Å². The minimum atomic E-state index is -0.124. The normalized spacial score (nSPS) is 14.0. The first-order valence-electron chi connectivity index (χ1n) is 24.3. The van der Waals surface area contributed by atoms with Gasteiger partial charge in [0.15, 0.2) is 0 Å². The van der Waals surface area contributed by atoms with Crippen LogP contribution in [0, 0.1) is 0 Å². The molecule has 0 saturated heterocycles. The van der Waals surface area contributed by atoms with E-state index in [-0.39, 0.29) is 32.5 Å². The molecule has 0 amide bonds. The Hall–Kier alpha value is -5.66. The van der Waals surface area contributed by atoms with Crippen molar-refractivity contribution in [2.45, 2.75) is 150 Å². The monoisotopic (exact) mass is 870 g/mol. The third-order valence-corrected chi connectivity index (χ3v) is 14.2. The summed E-state index contributed by atoms with van der Waals surface area (Å²) in [5, 5.41) is 0. The van der Waals surface area contributed by atoms with Crippen LogP contribution in [0.2, 0.25) is 0 Å². The maximum atomic E-state index is 2.49. The average molecular weight is 870 g/mol. The number of hydrogen-bond acceptors (Lipinski definition) is 1. The van der Waals surface area contributed by atoms with E-state index < -0.39 is 0 Å². The molecule has 0 fully saturated rings. The molecule has 340 valence electrons. The van der Waals surface area contributed by atoms with Gasteiger partial charge in [-0.15, -0.1) is 0 Å². The summed E-state index contributed by atoms with van der Waals surface area (Å²) >= 11 is 0. The van der Waals surface area contributed by atoms with Crippen LogP contribution in [0.5, 0.6) is 0 Å². The number of rotatable bonds is 6. The first-order chi connectivity index (χ1) is 30.6. The summed E-state index contributed by atoms with van der Waals surface area (Å²) < 4.78 is 0. The van der Waals surface area contributed by atoms with Crippen LogP contribution in [0.1, 0.15) is 157 Å². The van der Waals surface area contributed by atoms with Crippen molar-refractivity contribution in [3.05, 3.63) is 185 Å². The summed E-state index contributed by atoms with van der Waals surface area (Å²) in [6.45, 7) is 39.6. The maximum absolute atomic E-state index is 2.49. The fourth-order valence-electron chi connectivity index (χ4n) is 9.60. The summed E-state index contributed by atoms with van der Waals surface area (Å²) in [6.07, 6.45) is 0. The fourth-order valence-corrected chi connectivity index (χ4v) is 9.60. The smallest absolute Gasteiger partial charge is 0.0470 e. The van der Waals surface area contributed by atoms with Gasteiger partial charge in [-0.05, 0) is 147 Å². The molecule has 0 saturated carbocycles. The van der Waals surface area contributed by atoms with E-state index in [4.69, 9.17) is 0 Å². The molecule has 66 heavy (non-hydrogen) atoms. The lowest BCUT2D eigenvalue weighted by molar-refractivity contribution is 0.568. The van der Waals surface area contributed by atoms with Gasteiger partial charge in [0.25, 0.3) is 0 Å². The molecule has 0 bridgehead atoms. The summed E-state index contributed by atoms with van der Waals surface area (Å²) in [7, 11) is 0. The number of hydrogen-bond donors (Lipinski definition) is 0. The molecule has 7 aromatic carbocycles. The quantitative estimate of drug-likeness (QED) is 0.161. The molecular weight excluding hydrogens is 795 g/mol. The Morgan fingerprint density at radius 1 is 0.288 bits per heavy atom. The van der Waals surface area contributed by atoms with Gasteiger partial charge in [-0.25, -0.2) is 0 Å². The second-order valence-corrected chi connectivity index (χ2v) is 25.0. The van der Waals surface area contributed by atoms with Gasteiger partial charge in [0, 0.05) is 22.5 Å².